The summed E-state index contributed by atoms with van der Waals surface area (Å²) >= 11 is 0. The number of para-hydroxylation sites is 1. The van der Waals surface area contributed by atoms with Gasteiger partial charge in [-0.2, -0.15) is 31.7 Å². The van der Waals surface area contributed by atoms with Crippen molar-refractivity contribution in [1.82, 2.24) is 9.78 Å². The summed E-state index contributed by atoms with van der Waals surface area (Å²) in [5.41, 5.74) is 1.00. The van der Waals surface area contributed by atoms with E-state index in [1.54, 1.807) is 18.2 Å². The maximum Gasteiger partial charge on any atom is 0.455 e. The number of aryl methyl sites for hydroxylation is 3. The van der Waals surface area contributed by atoms with Gasteiger partial charge in [0.15, 0.2) is 0 Å². The number of halogens is 5. The molecule has 1 aromatic heterocycles. The van der Waals surface area contributed by atoms with Crippen LogP contribution in [0.2, 0.25) is 0 Å². The zero-order valence-corrected chi connectivity index (χ0v) is 22.1. The molecular formula is C28H30F5N3O4. The van der Waals surface area contributed by atoms with E-state index in [-0.39, 0.29) is 17.7 Å². The second-order valence-electron chi connectivity index (χ2n) is 10.3. The van der Waals surface area contributed by atoms with Crippen LogP contribution in [0, 0.1) is 26.7 Å². The van der Waals surface area contributed by atoms with Gasteiger partial charge in [0.25, 0.3) is 0 Å². The summed E-state index contributed by atoms with van der Waals surface area (Å²) in [7, 11) is 0. The highest BCUT2D eigenvalue weighted by atomic mass is 19.4. The predicted molar refractivity (Wildman–Crippen MR) is 137 cm³/mol. The van der Waals surface area contributed by atoms with E-state index in [4.69, 9.17) is 0 Å². The Labute approximate surface area is 227 Å². The van der Waals surface area contributed by atoms with Crippen molar-refractivity contribution in [2.45, 2.75) is 70.5 Å². The first-order valence-corrected chi connectivity index (χ1v) is 12.7. The molecule has 0 aliphatic heterocycles. The normalized spacial score (nSPS) is 18.9. The average molecular weight is 568 g/mol. The van der Waals surface area contributed by atoms with E-state index in [0.717, 1.165) is 21.9 Å². The fourth-order valence-corrected chi connectivity index (χ4v) is 5.23. The number of alkyl halides is 5. The molecule has 1 heterocycles. The fraction of sp³-hybridized carbons (Fsp3) is 0.429. The number of aromatic hydroxyl groups is 2. The van der Waals surface area contributed by atoms with Gasteiger partial charge in [-0.1, -0.05) is 30.7 Å². The third kappa shape index (κ3) is 5.31. The minimum Gasteiger partial charge on any atom is -0.507 e. The lowest BCUT2D eigenvalue weighted by Crippen LogP contribution is -2.45. The number of hydrogen-bond donors (Lipinski definition) is 4. The van der Waals surface area contributed by atoms with Crippen LogP contribution in [0.5, 0.6) is 11.6 Å². The second-order valence-corrected chi connectivity index (χ2v) is 10.3. The van der Waals surface area contributed by atoms with E-state index in [1.165, 1.54) is 19.1 Å². The van der Waals surface area contributed by atoms with Crippen LogP contribution in [-0.2, 0) is 4.79 Å². The predicted octanol–water partition coefficient (Wildman–Crippen LogP) is 6.92. The van der Waals surface area contributed by atoms with Crippen molar-refractivity contribution in [2.75, 3.05) is 5.32 Å². The van der Waals surface area contributed by atoms with Crippen LogP contribution in [0.4, 0.5) is 27.6 Å². The van der Waals surface area contributed by atoms with E-state index in [9.17, 15) is 33.3 Å². The third-order valence-corrected chi connectivity index (χ3v) is 7.67. The topological polar surface area (TPSA) is 108 Å². The number of nitrogens with zero attached hydrogens (tertiary/aromatic N) is 2. The number of nitrogens with one attached hydrogen (secondary N) is 1. The Balaban J connectivity index is 1.80. The van der Waals surface area contributed by atoms with Crippen LogP contribution in [0.1, 0.15) is 65.6 Å². The Hall–Kier alpha value is -3.83. The molecule has 0 spiro atoms. The molecule has 7 nitrogen and oxygen atoms in total. The monoisotopic (exact) mass is 567 g/mol. The van der Waals surface area contributed by atoms with Crippen LogP contribution in [0.25, 0.3) is 5.69 Å². The number of anilines is 1. The smallest absolute Gasteiger partial charge is 0.455 e. The summed E-state index contributed by atoms with van der Waals surface area (Å²) in [6.45, 7) is 5.01. The standard InChI is InChI=1S/C28H30F5N3O4/c1-14-10-11-19(12-15(14)2)36-25(38)22(16(3)35-36)34-24(27(29,30)28(31,32)33)21-9-5-8-20(23(21)37)17-6-4-7-18(13-17)26(39)40/h5,8-12,17-18,24,34,37-38H,4,6-7,13H2,1-3H3,(H,39,40). The number of phenols is 1. The molecule has 4 rings (SSSR count). The molecule has 0 radical (unpaired) electrons. The van der Waals surface area contributed by atoms with Gasteiger partial charge in [0.1, 0.15) is 17.5 Å². The van der Waals surface area contributed by atoms with E-state index < -0.39 is 58.8 Å². The first-order valence-electron chi connectivity index (χ1n) is 12.7. The number of carbonyl (C=O) groups is 1. The van der Waals surface area contributed by atoms with Crippen LogP contribution < -0.4 is 5.32 Å². The molecule has 1 saturated carbocycles. The van der Waals surface area contributed by atoms with Crippen LogP contribution in [-0.4, -0.2) is 43.2 Å². The van der Waals surface area contributed by atoms with Crippen molar-refractivity contribution >= 4 is 11.7 Å². The highest BCUT2D eigenvalue weighted by Gasteiger charge is 2.63. The van der Waals surface area contributed by atoms with Gasteiger partial charge in [0.05, 0.1) is 17.3 Å². The van der Waals surface area contributed by atoms with Crippen molar-refractivity contribution in [3.63, 3.8) is 0 Å². The Kier molecular flexibility index (Phi) is 7.75. The maximum absolute atomic E-state index is 15.1. The quantitative estimate of drug-likeness (QED) is 0.231. The van der Waals surface area contributed by atoms with Gasteiger partial charge >= 0.3 is 18.1 Å². The Bertz CT molecular complexity index is 1420. The molecule has 4 N–H and O–H groups in total. The number of rotatable bonds is 7. The van der Waals surface area contributed by atoms with Gasteiger partial charge in [-0.25, -0.2) is 0 Å². The van der Waals surface area contributed by atoms with Crippen molar-refractivity contribution < 1.29 is 42.1 Å². The van der Waals surface area contributed by atoms with Crippen molar-refractivity contribution in [3.05, 3.63) is 64.3 Å². The van der Waals surface area contributed by atoms with Crippen LogP contribution >= 0.6 is 0 Å². The Morgan fingerprint density at radius 1 is 1.05 bits per heavy atom. The Morgan fingerprint density at radius 3 is 2.38 bits per heavy atom. The minimum atomic E-state index is -6.01. The number of carboxylic acid groups (broad SMARTS) is 1. The summed E-state index contributed by atoms with van der Waals surface area (Å²) in [5, 5.41) is 37.6. The van der Waals surface area contributed by atoms with Gasteiger partial charge < -0.3 is 20.6 Å². The fourth-order valence-electron chi connectivity index (χ4n) is 5.23. The summed E-state index contributed by atoms with van der Waals surface area (Å²) < 4.78 is 72.4. The molecule has 3 aromatic rings. The summed E-state index contributed by atoms with van der Waals surface area (Å²) in [6, 6.07) is 5.80. The lowest BCUT2D eigenvalue weighted by Gasteiger charge is -2.32. The number of hydrogen-bond acceptors (Lipinski definition) is 5. The number of benzene rings is 2. The van der Waals surface area contributed by atoms with E-state index in [1.807, 2.05) is 13.8 Å². The molecule has 1 fully saturated rings. The van der Waals surface area contributed by atoms with E-state index in [2.05, 4.69) is 10.4 Å². The third-order valence-electron chi connectivity index (χ3n) is 7.67. The number of aliphatic carboxylic acids is 1. The largest absolute Gasteiger partial charge is 0.507 e. The van der Waals surface area contributed by atoms with Crippen molar-refractivity contribution in [1.29, 1.82) is 0 Å². The van der Waals surface area contributed by atoms with Crippen LogP contribution in [0.15, 0.2) is 36.4 Å². The lowest BCUT2D eigenvalue weighted by atomic mass is 9.77. The zero-order valence-electron chi connectivity index (χ0n) is 22.1. The number of aromatic nitrogens is 2. The van der Waals surface area contributed by atoms with Gasteiger partial charge in [-0.15, -0.1) is 0 Å². The molecule has 216 valence electrons. The average Bonchev–Trinajstić information content (AvgIpc) is 3.16. The molecular weight excluding hydrogens is 537 g/mol. The Morgan fingerprint density at radius 2 is 1.75 bits per heavy atom. The van der Waals surface area contributed by atoms with Gasteiger partial charge in [-0.05, 0) is 74.8 Å². The molecule has 1 aliphatic carbocycles. The van der Waals surface area contributed by atoms with Gasteiger partial charge in [0.2, 0.25) is 5.88 Å². The first kappa shape index (κ1) is 29.2. The van der Waals surface area contributed by atoms with Crippen molar-refractivity contribution in [2.24, 2.45) is 5.92 Å². The molecule has 0 bridgehead atoms. The van der Waals surface area contributed by atoms with Crippen LogP contribution in [0.3, 0.4) is 0 Å². The highest BCUT2D eigenvalue weighted by Crippen LogP contribution is 2.51. The first-order chi connectivity index (χ1) is 18.6. The summed E-state index contributed by atoms with van der Waals surface area (Å²) in [6.07, 6.45) is -4.55. The molecule has 12 heteroatoms. The maximum atomic E-state index is 15.1. The molecule has 3 unspecified atom stereocenters. The summed E-state index contributed by atoms with van der Waals surface area (Å²) in [5.74, 6) is -9.15. The molecule has 3 atom stereocenters. The molecule has 0 amide bonds. The highest BCUT2D eigenvalue weighted by molar-refractivity contribution is 5.70. The minimum absolute atomic E-state index is 0.0501. The number of carboxylic acids is 1. The lowest BCUT2D eigenvalue weighted by molar-refractivity contribution is -0.288. The second kappa shape index (κ2) is 10.6. The van der Waals surface area contributed by atoms with Gasteiger partial charge in [0, 0.05) is 5.56 Å². The summed E-state index contributed by atoms with van der Waals surface area (Å²) in [4.78, 5) is 11.5. The van der Waals surface area contributed by atoms with Crippen molar-refractivity contribution in [3.8, 4) is 17.3 Å². The van der Waals surface area contributed by atoms with Gasteiger partial charge in [-0.3, -0.25) is 4.79 Å². The van der Waals surface area contributed by atoms with E-state index >= 15 is 8.78 Å². The molecule has 2 aromatic carbocycles. The zero-order chi connectivity index (χ0) is 29.6. The molecule has 0 saturated heterocycles. The molecule has 40 heavy (non-hydrogen) atoms. The van der Waals surface area contributed by atoms with E-state index in [0.29, 0.717) is 24.9 Å². The SMILES string of the molecule is Cc1ccc(-n2nc(C)c(NC(c3cccc(C4CCCC(C(=O)O)C4)c3O)C(F)(F)C(F)(F)F)c2O)cc1C. The number of phenolic OH excluding ortho intramolecular Hbond substituents is 1. The molecule has 1 aliphatic rings.